The van der Waals surface area contributed by atoms with Gasteiger partial charge in [-0.05, 0) is 6.92 Å². The molecular formula is C13H20B3LiN3O6Rf4-2. The molecule has 0 bridgehead atoms. The van der Waals surface area contributed by atoms with E-state index in [0.29, 0.717) is 6.61 Å². The molecule has 3 atom stereocenters. The normalized spacial score (nSPS) is 10.3. The molecule has 0 aromatic carbocycles. The van der Waals surface area contributed by atoms with Crippen LogP contribution in [0.1, 0.15) is 27.7 Å². The summed E-state index contributed by atoms with van der Waals surface area (Å²) < 4.78 is 0. The monoisotopic (exact) mass is 1420 g/mol. The van der Waals surface area contributed by atoms with E-state index < -0.39 is 17.8 Å². The Balaban J connectivity index is -0.0000000373. The fourth-order valence-corrected chi connectivity index (χ4v) is 0.841. The number of nitrogens with one attached hydrogen (secondary N) is 3. The van der Waals surface area contributed by atoms with Crippen LogP contribution in [0.5, 0.6) is 0 Å². The first-order valence-electron chi connectivity index (χ1n) is 6.81. The summed E-state index contributed by atoms with van der Waals surface area (Å²) >= 11 is 0. The Morgan fingerprint density at radius 2 is 1.13 bits per heavy atom. The molecule has 0 aromatic rings. The molecule has 143 valence electrons. The molecule has 17 heteroatoms. The zero-order valence-corrected chi connectivity index (χ0v) is 44.0. The van der Waals surface area contributed by atoms with Gasteiger partial charge >= 0.3 is 0 Å². The summed E-state index contributed by atoms with van der Waals surface area (Å²) in [4.78, 5) is 50.3. The van der Waals surface area contributed by atoms with E-state index in [2.05, 4.69) is 16.0 Å². The molecule has 0 aliphatic carbocycles. The van der Waals surface area contributed by atoms with Gasteiger partial charge in [0.25, 0.3) is 0 Å². The first-order chi connectivity index (χ1) is 11.4. The molecule has 4 N–H and O–H groups in total. The number of hydrogen-bond donors (Lipinski definition) is 4. The second kappa shape index (κ2) is 28.3. The van der Waals surface area contributed by atoms with Gasteiger partial charge in [0, 0.05) is 45.6 Å². The minimum atomic E-state index is -0.979. The Kier molecular flexibility index (Phi) is 46.9. The van der Waals surface area contributed by atoms with Gasteiger partial charge in [0.05, 0.1) is 15.7 Å². The third kappa shape index (κ3) is 49.5. The molecular weight excluding hydrogens is 1400 g/mol. The molecule has 9 nitrogen and oxygen atoms in total. The zero-order valence-electron chi connectivity index (χ0n) is 18.4. The fourth-order valence-electron chi connectivity index (χ4n) is 0.841. The van der Waals surface area contributed by atoms with E-state index in [4.69, 9.17) is 28.6 Å². The molecule has 0 saturated carbocycles. The number of aliphatic hydroxyl groups excluding tert-OH is 1. The van der Waals surface area contributed by atoms with Crippen LogP contribution in [0.25, 0.3) is 0 Å². The van der Waals surface area contributed by atoms with Crippen molar-refractivity contribution < 1.29 is 29.1 Å². The number of Topliss-reactive ketones (excluding diaryl/α,β-unsaturated/α-hetero) is 1. The summed E-state index contributed by atoms with van der Waals surface area (Å²) in [6, 6.07) is 0. The number of hydrogen-bond acceptors (Lipinski definition) is 6. The summed E-state index contributed by atoms with van der Waals surface area (Å²) in [5.74, 6) is -3.70. The standard InChI is InChI=1S/C5H8BNO2.C4H7BNO2.C4H5BNO2.Li.4Rf/c1-3(8)5(6)7-4(2)9;2*1-3(8)6-4(5)2-7;;;;;/h5H,1-2H3,(H,7,9);2,4,7H,1H3,(H,6,8);4H,1H3,(H,6,8);;;;;/q;2*-1;;;;;/t5-;2*4-;;;;;/m111...../s1. The van der Waals surface area contributed by atoms with Gasteiger partial charge in [0.2, 0.25) is 17.7 Å². The van der Waals surface area contributed by atoms with E-state index in [1.165, 1.54) is 34.0 Å². The van der Waals surface area contributed by atoms with Crippen LogP contribution in [0.2, 0.25) is 0 Å². The molecule has 0 aliphatic rings. The van der Waals surface area contributed by atoms with Crippen molar-refractivity contribution in [3.05, 3.63) is 6.61 Å². The Hall–Kier alpha value is -5.50. The van der Waals surface area contributed by atoms with Crippen molar-refractivity contribution in [1.82, 2.24) is 16.0 Å². The molecule has 0 fully saturated rings. The quantitative estimate of drug-likeness (QED) is 0.163. The van der Waals surface area contributed by atoms with Crippen molar-refractivity contribution >= 4 is 72.2 Å². The van der Waals surface area contributed by atoms with Crippen LogP contribution in [0.15, 0.2) is 0 Å². The second-order valence-electron chi connectivity index (χ2n) is 4.46. The maximum atomic E-state index is 10.3. The van der Waals surface area contributed by atoms with Gasteiger partial charge in [-0.2, -0.15) is 0 Å². The SMILES string of the molecule is [B][C@@H]([C-]=O)NC(C)=O.[B][C@@H]([CH-]O)NC(C)=O.[B][C@H](NC(C)=O)C(C)=O.[Li].[Rf].[Rf].[Rf].[Rf]. The molecule has 0 unspecified atom stereocenters. The average Bonchev–Trinajstić information content (AvgIpc) is 2.46. The van der Waals surface area contributed by atoms with Crippen LogP contribution >= 0.6 is 0 Å². The van der Waals surface area contributed by atoms with Gasteiger partial charge < -0.3 is 25.9 Å². The van der Waals surface area contributed by atoms with Crippen LogP contribution in [-0.4, -0.2) is 95.1 Å². The van der Waals surface area contributed by atoms with E-state index >= 15 is 0 Å². The molecule has 0 aliphatic heterocycles. The van der Waals surface area contributed by atoms with Crippen molar-refractivity contribution in [2.45, 2.75) is 45.5 Å². The number of carbonyl (C=O) groups excluding carboxylic acids is 5. The molecule has 0 spiro atoms. The van der Waals surface area contributed by atoms with Gasteiger partial charge in [0.15, 0.2) is 0 Å². The van der Waals surface area contributed by atoms with Gasteiger partial charge in [0.1, 0.15) is 13.6 Å². The first kappa shape index (κ1) is 49.7. The predicted molar refractivity (Wildman–Crippen MR) is 98.4 cm³/mol. The van der Waals surface area contributed by atoms with Crippen LogP contribution in [-0.2, 0) is 24.0 Å². The van der Waals surface area contributed by atoms with Crippen molar-refractivity contribution in [3.63, 3.8) is 0 Å². The smallest absolute Gasteiger partial charge is 0.216 e. The number of amides is 3. The summed E-state index contributed by atoms with van der Waals surface area (Å²) in [6.45, 7) is 5.94. The third-order valence-electron chi connectivity index (χ3n) is 1.81. The molecule has 3 amide bonds. The first-order valence-corrected chi connectivity index (χ1v) is 6.81. The minimum absolute atomic E-state index is 0. The van der Waals surface area contributed by atoms with Crippen molar-refractivity contribution in [2.75, 3.05) is 0 Å². The van der Waals surface area contributed by atoms with Crippen LogP contribution < -0.4 is 16.0 Å². The molecule has 30 heavy (non-hydrogen) atoms. The second-order valence-corrected chi connectivity index (χ2v) is 4.46. The molecule has 7 radical (unpaired) electrons. The summed E-state index contributed by atoms with van der Waals surface area (Å²) in [7, 11) is 15.1. The number of ketones is 1. The van der Waals surface area contributed by atoms with Gasteiger partial charge in [-0.1, -0.05) is 0 Å². The van der Waals surface area contributed by atoms with E-state index in [1.54, 1.807) is 0 Å². The maximum Gasteiger partial charge on any atom is 0.216 e. The van der Waals surface area contributed by atoms with Gasteiger partial charge in [-0.25, -0.2) is 6.61 Å². The molecule has 0 saturated heterocycles. The zero-order chi connectivity index (χ0) is 20.6. The summed E-state index contributed by atoms with van der Waals surface area (Å²) in [6.07, 6.45) is 1.39. The Morgan fingerprint density at radius 1 is 0.800 bits per heavy atom. The summed E-state index contributed by atoms with van der Waals surface area (Å²) in [5, 5.41) is 14.7. The number of carbonyl (C=O) groups is 4. The van der Waals surface area contributed by atoms with Crippen molar-refractivity contribution in [2.24, 2.45) is 0 Å². The number of aliphatic hydroxyl groups is 1. The third-order valence-corrected chi connectivity index (χ3v) is 1.81. The van der Waals surface area contributed by atoms with E-state index in [9.17, 15) is 24.0 Å². The van der Waals surface area contributed by atoms with Gasteiger partial charge in [-0.15, -0.1) is 11.9 Å². The Morgan fingerprint density at radius 3 is 1.23 bits per heavy atom. The molecule has 0 aromatic heterocycles. The Labute approximate surface area is 169 Å². The van der Waals surface area contributed by atoms with Crippen LogP contribution in [0.3, 0.4) is 0 Å². The molecule has 0 heterocycles. The van der Waals surface area contributed by atoms with E-state index in [1.807, 2.05) is 0 Å². The van der Waals surface area contributed by atoms with Crippen LogP contribution in [0.4, 0.5) is 0 Å². The van der Waals surface area contributed by atoms with Gasteiger partial charge in [-0.3, -0.25) is 25.5 Å². The summed E-state index contributed by atoms with van der Waals surface area (Å²) in [5.41, 5.74) is 0. The topological polar surface area (TPSA) is 142 Å². The predicted octanol–water partition coefficient (Wildman–Crippen LogP) is -3.30. The number of rotatable bonds is 6. The fraction of sp³-hybridized carbons (Fsp3) is 0.538. The average molecular weight is 1420 g/mol. The largest absolute Gasteiger partial charge is 0.565 e. The minimum Gasteiger partial charge on any atom is -0.565 e. The molecule has 0 rings (SSSR count). The van der Waals surface area contributed by atoms with Crippen LogP contribution in [0, 0.1) is 6.61 Å². The Bertz CT molecular complexity index is 474. The van der Waals surface area contributed by atoms with E-state index in [0.717, 1.165) is 0 Å². The maximum absolute atomic E-state index is 10.3. The van der Waals surface area contributed by atoms with E-state index in [-0.39, 0.29) is 42.4 Å². The van der Waals surface area contributed by atoms with Crippen molar-refractivity contribution in [3.8, 4) is 0 Å². The van der Waals surface area contributed by atoms with Crippen molar-refractivity contribution in [1.29, 1.82) is 0 Å².